The largest absolute Gasteiger partial charge is 0.356 e. The van der Waals surface area contributed by atoms with E-state index in [0.29, 0.717) is 0 Å². The second-order valence-electron chi connectivity index (χ2n) is 7.84. The molecule has 2 heterocycles. The van der Waals surface area contributed by atoms with Gasteiger partial charge in [0.25, 0.3) is 0 Å². The molecule has 3 nitrogen and oxygen atoms in total. The van der Waals surface area contributed by atoms with E-state index in [9.17, 15) is 0 Å². The molecule has 3 rings (SSSR count). The molecule has 1 aromatic rings. The molecule has 3 heteroatoms. The van der Waals surface area contributed by atoms with Gasteiger partial charge in [0.2, 0.25) is 0 Å². The second-order valence-corrected chi connectivity index (χ2v) is 7.84. The van der Waals surface area contributed by atoms with Crippen LogP contribution in [0.25, 0.3) is 5.57 Å². The van der Waals surface area contributed by atoms with Gasteiger partial charge in [-0.1, -0.05) is 25.8 Å². The Morgan fingerprint density at radius 3 is 2.58 bits per heavy atom. The van der Waals surface area contributed by atoms with Gasteiger partial charge in [-0.3, -0.25) is 0 Å². The van der Waals surface area contributed by atoms with Crippen LogP contribution in [0.5, 0.6) is 0 Å². The summed E-state index contributed by atoms with van der Waals surface area (Å²) in [7, 11) is 0. The number of aromatic nitrogens is 1. The number of hydrogen-bond acceptors (Lipinski definition) is 3. The highest BCUT2D eigenvalue weighted by Crippen LogP contribution is 2.29. The van der Waals surface area contributed by atoms with Gasteiger partial charge in [-0.2, -0.15) is 0 Å². The van der Waals surface area contributed by atoms with Gasteiger partial charge in [-0.05, 0) is 69.2 Å². The van der Waals surface area contributed by atoms with E-state index in [1.165, 1.54) is 62.6 Å². The molecule has 0 spiro atoms. The summed E-state index contributed by atoms with van der Waals surface area (Å²) in [5.74, 6) is 1.95. The minimum Gasteiger partial charge on any atom is -0.356 e. The summed E-state index contributed by atoms with van der Waals surface area (Å²) in [6.45, 7) is 11.8. The Bertz CT molecular complexity index is 552. The van der Waals surface area contributed by atoms with Crippen molar-refractivity contribution in [2.45, 2.75) is 64.8 Å². The van der Waals surface area contributed by atoms with Crippen molar-refractivity contribution in [2.75, 3.05) is 24.5 Å². The Balaban J connectivity index is 1.52. The maximum absolute atomic E-state index is 4.72. The fraction of sp³-hybridized carbons (Fsp3) is 0.667. The maximum Gasteiger partial charge on any atom is 0.136 e. The zero-order valence-electron chi connectivity index (χ0n) is 15.5. The van der Waals surface area contributed by atoms with Gasteiger partial charge in [-0.25, -0.2) is 4.98 Å². The maximum atomic E-state index is 4.72. The number of anilines is 1. The van der Waals surface area contributed by atoms with Crippen LogP contribution in [-0.2, 0) is 0 Å². The first kappa shape index (κ1) is 17.5. The van der Waals surface area contributed by atoms with Gasteiger partial charge in [0.05, 0.1) is 0 Å². The molecule has 0 bridgehead atoms. The number of rotatable bonds is 5. The Labute approximate surface area is 147 Å². The molecule has 0 radical (unpaired) electrons. The zero-order valence-corrected chi connectivity index (χ0v) is 15.5. The molecule has 1 saturated carbocycles. The minimum absolute atomic E-state index is 0.783. The zero-order chi connectivity index (χ0) is 16.9. The van der Waals surface area contributed by atoms with Crippen molar-refractivity contribution >= 4 is 11.4 Å². The lowest BCUT2D eigenvalue weighted by Gasteiger charge is -2.35. The van der Waals surface area contributed by atoms with Gasteiger partial charge in [0.15, 0.2) is 0 Å². The van der Waals surface area contributed by atoms with E-state index in [0.717, 1.165) is 36.4 Å². The van der Waals surface area contributed by atoms with E-state index < -0.39 is 0 Å². The third kappa shape index (κ3) is 4.38. The van der Waals surface area contributed by atoms with Crippen LogP contribution in [0.1, 0.15) is 63.0 Å². The number of aryl methyl sites for hydroxylation is 1. The molecule has 2 fully saturated rings. The van der Waals surface area contributed by atoms with Gasteiger partial charge >= 0.3 is 0 Å². The number of nitrogens with zero attached hydrogens (tertiary/aromatic N) is 2. The van der Waals surface area contributed by atoms with Crippen LogP contribution in [-0.4, -0.2) is 30.7 Å². The van der Waals surface area contributed by atoms with Crippen molar-refractivity contribution in [3.05, 3.63) is 30.0 Å². The van der Waals surface area contributed by atoms with E-state index in [-0.39, 0.29) is 0 Å². The van der Waals surface area contributed by atoms with E-state index >= 15 is 0 Å². The first-order valence-corrected chi connectivity index (χ1v) is 9.74. The van der Waals surface area contributed by atoms with E-state index in [2.05, 4.69) is 36.7 Å². The predicted molar refractivity (Wildman–Crippen MR) is 103 cm³/mol. The van der Waals surface area contributed by atoms with Crippen molar-refractivity contribution < 1.29 is 0 Å². The number of pyridine rings is 1. The molecule has 1 aliphatic heterocycles. The fourth-order valence-electron chi connectivity index (χ4n) is 4.12. The molecular weight excluding hydrogens is 294 g/mol. The number of allylic oxidation sites excluding steroid dienone is 1. The third-order valence-electron chi connectivity index (χ3n) is 5.68. The first-order chi connectivity index (χ1) is 11.6. The Hall–Kier alpha value is -1.35. The van der Waals surface area contributed by atoms with E-state index in [1.807, 2.05) is 6.20 Å². The fourth-order valence-corrected chi connectivity index (χ4v) is 4.12. The molecule has 1 aliphatic carbocycles. The summed E-state index contributed by atoms with van der Waals surface area (Å²) in [6, 6.07) is 3.01. The standard InChI is InChI=1S/C21H33N3/c1-16(2)20-13-17(3)14-23-21(20)24-11-9-18(10-12-24)15-22-19-7-5-4-6-8-19/h13-14,18-19,22H,1,4-12,15H2,2-3H3. The van der Waals surface area contributed by atoms with Crippen molar-refractivity contribution in [1.82, 2.24) is 10.3 Å². The average Bonchev–Trinajstić information content (AvgIpc) is 2.61. The van der Waals surface area contributed by atoms with Crippen LogP contribution in [0.3, 0.4) is 0 Å². The molecule has 1 aromatic heterocycles. The molecule has 0 amide bonds. The van der Waals surface area contributed by atoms with Crippen LogP contribution >= 0.6 is 0 Å². The van der Waals surface area contributed by atoms with Crippen LogP contribution in [0.2, 0.25) is 0 Å². The van der Waals surface area contributed by atoms with Crippen molar-refractivity contribution in [1.29, 1.82) is 0 Å². The highest BCUT2D eigenvalue weighted by Gasteiger charge is 2.23. The number of piperidine rings is 1. The average molecular weight is 328 g/mol. The lowest BCUT2D eigenvalue weighted by atomic mass is 9.92. The highest BCUT2D eigenvalue weighted by molar-refractivity contribution is 5.72. The number of hydrogen-bond donors (Lipinski definition) is 1. The number of nitrogens with one attached hydrogen (secondary N) is 1. The van der Waals surface area contributed by atoms with Crippen LogP contribution in [0, 0.1) is 12.8 Å². The molecular formula is C21H33N3. The molecule has 132 valence electrons. The van der Waals surface area contributed by atoms with Crippen molar-refractivity contribution in [3.8, 4) is 0 Å². The van der Waals surface area contributed by atoms with Gasteiger partial charge in [0.1, 0.15) is 5.82 Å². The normalized spacial score (nSPS) is 20.3. The molecule has 0 aromatic carbocycles. The van der Waals surface area contributed by atoms with Crippen molar-refractivity contribution in [2.24, 2.45) is 5.92 Å². The van der Waals surface area contributed by atoms with Crippen LogP contribution < -0.4 is 10.2 Å². The van der Waals surface area contributed by atoms with Gasteiger partial charge < -0.3 is 10.2 Å². The summed E-state index contributed by atoms with van der Waals surface area (Å²) in [5.41, 5.74) is 3.54. The van der Waals surface area contributed by atoms with Crippen LogP contribution in [0.15, 0.2) is 18.8 Å². The second kappa shape index (κ2) is 8.15. The van der Waals surface area contributed by atoms with E-state index in [4.69, 9.17) is 4.98 Å². The third-order valence-corrected chi connectivity index (χ3v) is 5.68. The molecule has 0 unspecified atom stereocenters. The smallest absolute Gasteiger partial charge is 0.136 e. The molecule has 1 N–H and O–H groups in total. The molecule has 0 atom stereocenters. The van der Waals surface area contributed by atoms with Crippen molar-refractivity contribution in [3.63, 3.8) is 0 Å². The lowest BCUT2D eigenvalue weighted by molar-refractivity contribution is 0.319. The summed E-state index contributed by atoms with van der Waals surface area (Å²) >= 11 is 0. The summed E-state index contributed by atoms with van der Waals surface area (Å²) in [6.07, 6.45) is 11.6. The summed E-state index contributed by atoms with van der Waals surface area (Å²) in [4.78, 5) is 7.18. The van der Waals surface area contributed by atoms with Gasteiger partial charge in [0, 0.05) is 30.9 Å². The molecule has 1 saturated heterocycles. The summed E-state index contributed by atoms with van der Waals surface area (Å²) in [5, 5.41) is 3.83. The molecule has 24 heavy (non-hydrogen) atoms. The predicted octanol–water partition coefficient (Wildman–Crippen LogP) is 4.56. The Morgan fingerprint density at radius 1 is 1.21 bits per heavy atom. The lowest BCUT2D eigenvalue weighted by Crippen LogP contribution is -2.41. The van der Waals surface area contributed by atoms with E-state index in [1.54, 1.807) is 0 Å². The highest BCUT2D eigenvalue weighted by atomic mass is 15.2. The monoisotopic (exact) mass is 327 g/mol. The van der Waals surface area contributed by atoms with Crippen LogP contribution in [0.4, 0.5) is 5.82 Å². The first-order valence-electron chi connectivity index (χ1n) is 9.74. The summed E-state index contributed by atoms with van der Waals surface area (Å²) < 4.78 is 0. The Kier molecular flexibility index (Phi) is 5.94. The minimum atomic E-state index is 0.783. The van der Waals surface area contributed by atoms with Gasteiger partial charge in [-0.15, -0.1) is 0 Å². The molecule has 2 aliphatic rings. The quantitative estimate of drug-likeness (QED) is 0.859. The Morgan fingerprint density at radius 2 is 1.92 bits per heavy atom. The SMILES string of the molecule is C=C(C)c1cc(C)cnc1N1CCC(CNC2CCCCC2)CC1. The topological polar surface area (TPSA) is 28.2 Å².